The van der Waals surface area contributed by atoms with Gasteiger partial charge < -0.3 is 9.47 Å². The number of hydrogen-bond donors (Lipinski definition) is 0. The van der Waals surface area contributed by atoms with Crippen LogP contribution in [-0.2, 0) is 19.1 Å². The Hall–Kier alpha value is -1.32. The Labute approximate surface area is 115 Å². The number of ether oxygens (including phenoxy) is 2. The average Bonchev–Trinajstić information content (AvgIpc) is 2.40. The van der Waals surface area contributed by atoms with E-state index in [0.717, 1.165) is 19.3 Å². The number of hydrogen-bond acceptors (Lipinski definition) is 4. The summed E-state index contributed by atoms with van der Waals surface area (Å²) >= 11 is 0. The SMILES string of the molecule is CCOC(=O)C(C(=O)OCC)[C@H](C)C1=CCCCC1. The lowest BCUT2D eigenvalue weighted by atomic mass is 9.82. The number of rotatable bonds is 6. The highest BCUT2D eigenvalue weighted by molar-refractivity contribution is 5.95. The quantitative estimate of drug-likeness (QED) is 0.422. The predicted octanol–water partition coefficient (Wildman–Crippen LogP) is 2.87. The zero-order valence-electron chi connectivity index (χ0n) is 12.1. The number of allylic oxidation sites excluding steroid dienone is 2. The van der Waals surface area contributed by atoms with Crippen molar-refractivity contribution in [3.05, 3.63) is 11.6 Å². The molecule has 0 unspecified atom stereocenters. The molecule has 1 aliphatic rings. The van der Waals surface area contributed by atoms with Gasteiger partial charge in [-0.15, -0.1) is 0 Å². The van der Waals surface area contributed by atoms with Crippen molar-refractivity contribution in [2.45, 2.75) is 46.5 Å². The maximum atomic E-state index is 12.0. The topological polar surface area (TPSA) is 52.6 Å². The van der Waals surface area contributed by atoms with E-state index in [2.05, 4.69) is 6.08 Å². The van der Waals surface area contributed by atoms with Crippen molar-refractivity contribution in [2.24, 2.45) is 11.8 Å². The molecule has 0 bridgehead atoms. The van der Waals surface area contributed by atoms with Gasteiger partial charge in [-0.05, 0) is 39.5 Å². The van der Waals surface area contributed by atoms with Crippen molar-refractivity contribution in [3.63, 3.8) is 0 Å². The van der Waals surface area contributed by atoms with Gasteiger partial charge in [0.25, 0.3) is 0 Å². The Kier molecular flexibility index (Phi) is 6.60. The molecule has 19 heavy (non-hydrogen) atoms. The molecule has 0 spiro atoms. The molecule has 0 aromatic rings. The minimum atomic E-state index is -0.829. The summed E-state index contributed by atoms with van der Waals surface area (Å²) in [4.78, 5) is 24.0. The molecule has 0 heterocycles. The van der Waals surface area contributed by atoms with Gasteiger partial charge in [-0.25, -0.2) is 0 Å². The largest absolute Gasteiger partial charge is 0.465 e. The monoisotopic (exact) mass is 268 g/mol. The van der Waals surface area contributed by atoms with Crippen molar-refractivity contribution in [1.82, 2.24) is 0 Å². The van der Waals surface area contributed by atoms with Crippen molar-refractivity contribution in [2.75, 3.05) is 13.2 Å². The van der Waals surface area contributed by atoms with Gasteiger partial charge in [-0.2, -0.15) is 0 Å². The molecule has 1 aliphatic carbocycles. The lowest BCUT2D eigenvalue weighted by Gasteiger charge is -2.25. The summed E-state index contributed by atoms with van der Waals surface area (Å²) in [6, 6.07) is 0. The van der Waals surface area contributed by atoms with Crippen LogP contribution in [0.2, 0.25) is 0 Å². The third kappa shape index (κ3) is 4.37. The maximum Gasteiger partial charge on any atom is 0.320 e. The number of carbonyl (C=O) groups is 2. The highest BCUT2D eigenvalue weighted by Crippen LogP contribution is 2.30. The second kappa shape index (κ2) is 7.97. The molecular formula is C15H24O4. The van der Waals surface area contributed by atoms with Gasteiger partial charge in [0.15, 0.2) is 5.92 Å². The molecule has 0 saturated heterocycles. The first-order valence-electron chi connectivity index (χ1n) is 7.14. The Morgan fingerprint density at radius 2 is 1.74 bits per heavy atom. The van der Waals surface area contributed by atoms with E-state index in [-0.39, 0.29) is 19.1 Å². The fourth-order valence-electron chi connectivity index (χ4n) is 2.46. The lowest BCUT2D eigenvalue weighted by molar-refractivity contribution is -0.163. The first-order valence-corrected chi connectivity index (χ1v) is 7.14. The van der Waals surface area contributed by atoms with E-state index in [1.54, 1.807) is 13.8 Å². The van der Waals surface area contributed by atoms with Crippen LogP contribution in [0, 0.1) is 11.8 Å². The zero-order chi connectivity index (χ0) is 14.3. The molecule has 4 heteroatoms. The minimum absolute atomic E-state index is 0.140. The maximum absolute atomic E-state index is 12.0. The molecule has 1 atom stereocenters. The standard InChI is InChI=1S/C15H24O4/c1-4-18-14(16)13(15(17)19-5-2)11(3)12-9-7-6-8-10-12/h9,11,13H,4-8,10H2,1-3H3/t11-/m1/s1. The van der Waals surface area contributed by atoms with Crippen LogP contribution in [0.25, 0.3) is 0 Å². The summed E-state index contributed by atoms with van der Waals surface area (Å²) in [6.45, 7) is 5.95. The normalized spacial score (nSPS) is 16.7. The van der Waals surface area contributed by atoms with Gasteiger partial charge in [-0.1, -0.05) is 18.6 Å². The van der Waals surface area contributed by atoms with E-state index in [1.807, 2.05) is 6.92 Å². The molecule has 0 saturated carbocycles. The van der Waals surface area contributed by atoms with E-state index in [0.29, 0.717) is 0 Å². The van der Waals surface area contributed by atoms with Crippen LogP contribution in [0.5, 0.6) is 0 Å². The first-order chi connectivity index (χ1) is 9.11. The van der Waals surface area contributed by atoms with Gasteiger partial charge in [-0.3, -0.25) is 9.59 Å². The van der Waals surface area contributed by atoms with E-state index in [9.17, 15) is 9.59 Å². The van der Waals surface area contributed by atoms with Gasteiger partial charge in [0.2, 0.25) is 0 Å². The number of carbonyl (C=O) groups excluding carboxylic acids is 2. The van der Waals surface area contributed by atoms with E-state index < -0.39 is 17.9 Å². The smallest absolute Gasteiger partial charge is 0.320 e. The summed E-state index contributed by atoms with van der Waals surface area (Å²) in [7, 11) is 0. The van der Waals surface area contributed by atoms with Gasteiger partial charge >= 0.3 is 11.9 Å². The Morgan fingerprint density at radius 3 is 2.16 bits per heavy atom. The highest BCUT2D eigenvalue weighted by atomic mass is 16.6. The molecule has 0 amide bonds. The fraction of sp³-hybridized carbons (Fsp3) is 0.733. The molecule has 0 fully saturated rings. The van der Waals surface area contributed by atoms with Crippen LogP contribution in [-0.4, -0.2) is 25.2 Å². The highest BCUT2D eigenvalue weighted by Gasteiger charge is 2.36. The Balaban J connectivity index is 2.84. The molecule has 0 N–H and O–H groups in total. The van der Waals surface area contributed by atoms with Gasteiger partial charge in [0.1, 0.15) is 0 Å². The molecular weight excluding hydrogens is 244 g/mol. The van der Waals surface area contributed by atoms with E-state index in [4.69, 9.17) is 9.47 Å². The molecule has 108 valence electrons. The fourth-order valence-corrected chi connectivity index (χ4v) is 2.46. The summed E-state index contributed by atoms with van der Waals surface area (Å²) < 4.78 is 10.0. The van der Waals surface area contributed by atoms with Crippen molar-refractivity contribution in [1.29, 1.82) is 0 Å². The Morgan fingerprint density at radius 1 is 1.16 bits per heavy atom. The molecule has 0 aromatic heterocycles. The minimum Gasteiger partial charge on any atom is -0.465 e. The van der Waals surface area contributed by atoms with E-state index >= 15 is 0 Å². The van der Waals surface area contributed by atoms with Crippen molar-refractivity contribution in [3.8, 4) is 0 Å². The van der Waals surface area contributed by atoms with Crippen LogP contribution in [0.1, 0.15) is 46.5 Å². The molecule has 1 rings (SSSR count). The lowest BCUT2D eigenvalue weighted by Crippen LogP contribution is -2.34. The van der Waals surface area contributed by atoms with Crippen LogP contribution >= 0.6 is 0 Å². The van der Waals surface area contributed by atoms with Crippen molar-refractivity contribution < 1.29 is 19.1 Å². The molecule has 4 nitrogen and oxygen atoms in total. The second-order valence-electron chi connectivity index (χ2n) is 4.80. The third-order valence-electron chi connectivity index (χ3n) is 3.49. The third-order valence-corrected chi connectivity index (χ3v) is 3.49. The summed E-state index contributed by atoms with van der Waals surface area (Å²) in [5, 5.41) is 0. The number of esters is 2. The summed E-state index contributed by atoms with van der Waals surface area (Å²) in [5.41, 5.74) is 1.18. The average molecular weight is 268 g/mol. The second-order valence-corrected chi connectivity index (χ2v) is 4.80. The zero-order valence-corrected chi connectivity index (χ0v) is 12.1. The molecule has 0 aromatic carbocycles. The molecule has 0 radical (unpaired) electrons. The predicted molar refractivity (Wildman–Crippen MR) is 72.5 cm³/mol. The van der Waals surface area contributed by atoms with Gasteiger partial charge in [0, 0.05) is 5.92 Å². The summed E-state index contributed by atoms with van der Waals surface area (Å²) in [6.07, 6.45) is 6.43. The van der Waals surface area contributed by atoms with Crippen molar-refractivity contribution >= 4 is 11.9 Å². The van der Waals surface area contributed by atoms with Crippen LogP contribution < -0.4 is 0 Å². The molecule has 0 aliphatic heterocycles. The first kappa shape index (κ1) is 15.7. The van der Waals surface area contributed by atoms with Crippen LogP contribution in [0.3, 0.4) is 0 Å². The van der Waals surface area contributed by atoms with Crippen LogP contribution in [0.4, 0.5) is 0 Å². The van der Waals surface area contributed by atoms with E-state index in [1.165, 1.54) is 12.0 Å². The Bertz CT molecular complexity index is 328. The van der Waals surface area contributed by atoms with Gasteiger partial charge in [0.05, 0.1) is 13.2 Å². The summed E-state index contributed by atoms with van der Waals surface area (Å²) in [5.74, 6) is -1.91. The van der Waals surface area contributed by atoms with Crippen LogP contribution in [0.15, 0.2) is 11.6 Å².